The van der Waals surface area contributed by atoms with E-state index in [0.717, 1.165) is 9.37 Å². The zero-order valence-electron chi connectivity index (χ0n) is 16.8. The van der Waals surface area contributed by atoms with Crippen molar-refractivity contribution in [2.24, 2.45) is 0 Å². The van der Waals surface area contributed by atoms with Crippen molar-refractivity contribution in [2.75, 3.05) is 13.2 Å². The van der Waals surface area contributed by atoms with Gasteiger partial charge < -0.3 is 9.47 Å². The number of non-ortho nitro benzene ring substituents is 1. The van der Waals surface area contributed by atoms with E-state index in [4.69, 9.17) is 9.47 Å². The Labute approximate surface area is 195 Å². The zero-order chi connectivity index (χ0) is 23.3. The molecule has 32 heavy (non-hydrogen) atoms. The summed E-state index contributed by atoms with van der Waals surface area (Å²) in [5.74, 6) is -0.853. The number of carbonyl (C=O) groups is 3. The summed E-state index contributed by atoms with van der Waals surface area (Å²) in [6.07, 6.45) is 1.50. The van der Waals surface area contributed by atoms with Crippen LogP contribution in [0.3, 0.4) is 0 Å². The fraction of sp³-hybridized carbons (Fsp3) is 0.190. The number of hydrogen-bond donors (Lipinski definition) is 0. The number of carbonyl (C=O) groups excluding carboxylic acids is 3. The fourth-order valence-electron chi connectivity index (χ4n) is 2.80. The van der Waals surface area contributed by atoms with Crippen LogP contribution in [0.15, 0.2) is 51.8 Å². The minimum Gasteiger partial charge on any atom is -0.488 e. The predicted molar refractivity (Wildman–Crippen MR) is 121 cm³/mol. The van der Waals surface area contributed by atoms with Crippen LogP contribution in [0, 0.1) is 10.1 Å². The van der Waals surface area contributed by atoms with Crippen LogP contribution in [0.25, 0.3) is 6.08 Å². The van der Waals surface area contributed by atoms with Crippen molar-refractivity contribution in [1.29, 1.82) is 0 Å². The first kappa shape index (κ1) is 23.5. The van der Waals surface area contributed by atoms with Crippen molar-refractivity contribution in [2.45, 2.75) is 13.5 Å². The van der Waals surface area contributed by atoms with Crippen LogP contribution in [0.1, 0.15) is 18.1 Å². The van der Waals surface area contributed by atoms with Gasteiger partial charge in [-0.05, 0) is 48.5 Å². The monoisotopic (exact) mass is 520 g/mol. The molecule has 1 saturated heterocycles. The van der Waals surface area contributed by atoms with Crippen molar-refractivity contribution in [3.05, 3.63) is 73.1 Å². The molecule has 9 nitrogen and oxygen atoms in total. The minimum absolute atomic E-state index is 0.0441. The Bertz CT molecular complexity index is 1120. The Balaban J connectivity index is 1.80. The molecule has 0 saturated carbocycles. The van der Waals surface area contributed by atoms with Gasteiger partial charge >= 0.3 is 5.97 Å². The van der Waals surface area contributed by atoms with Crippen LogP contribution in [-0.2, 0) is 20.9 Å². The van der Waals surface area contributed by atoms with E-state index >= 15 is 0 Å². The van der Waals surface area contributed by atoms with Crippen LogP contribution < -0.4 is 4.74 Å². The maximum absolute atomic E-state index is 12.6. The molecule has 2 aromatic rings. The van der Waals surface area contributed by atoms with E-state index in [1.165, 1.54) is 18.2 Å². The molecular formula is C21H17BrN2O7S. The van der Waals surface area contributed by atoms with Gasteiger partial charge in [0.1, 0.15) is 18.9 Å². The summed E-state index contributed by atoms with van der Waals surface area (Å²) in [5, 5.41) is 10.4. The number of amides is 2. The third-order valence-corrected chi connectivity index (χ3v) is 5.64. The molecule has 11 heteroatoms. The zero-order valence-corrected chi connectivity index (χ0v) is 19.2. The lowest BCUT2D eigenvalue weighted by Gasteiger charge is -2.11. The predicted octanol–water partition coefficient (Wildman–Crippen LogP) is 4.54. The van der Waals surface area contributed by atoms with Gasteiger partial charge in [-0.3, -0.25) is 29.4 Å². The van der Waals surface area contributed by atoms with Crippen molar-refractivity contribution in [3.63, 3.8) is 0 Å². The summed E-state index contributed by atoms with van der Waals surface area (Å²) in [4.78, 5) is 47.9. The van der Waals surface area contributed by atoms with E-state index in [0.29, 0.717) is 28.6 Å². The van der Waals surface area contributed by atoms with Gasteiger partial charge in [0.05, 0.1) is 16.4 Å². The first-order valence-electron chi connectivity index (χ1n) is 9.35. The fourth-order valence-corrected chi connectivity index (χ4v) is 4.01. The normalized spacial score (nSPS) is 14.7. The first-order chi connectivity index (χ1) is 15.3. The molecular weight excluding hydrogens is 504 g/mol. The molecule has 2 aromatic carbocycles. The molecule has 2 amide bonds. The molecule has 0 N–H and O–H groups in total. The lowest BCUT2D eigenvalue weighted by Crippen LogP contribution is -2.34. The van der Waals surface area contributed by atoms with E-state index < -0.39 is 28.6 Å². The second-order valence-corrected chi connectivity index (χ2v) is 8.38. The molecule has 166 valence electrons. The van der Waals surface area contributed by atoms with Gasteiger partial charge in [-0.15, -0.1) is 0 Å². The van der Waals surface area contributed by atoms with Crippen LogP contribution >= 0.6 is 27.7 Å². The summed E-state index contributed by atoms with van der Waals surface area (Å²) in [5.41, 5.74) is 1.08. The van der Waals surface area contributed by atoms with Gasteiger partial charge in [-0.2, -0.15) is 0 Å². The summed E-state index contributed by atoms with van der Waals surface area (Å²) in [7, 11) is 0. The van der Waals surface area contributed by atoms with Crippen LogP contribution in [0.4, 0.5) is 10.5 Å². The largest absolute Gasteiger partial charge is 0.488 e. The van der Waals surface area contributed by atoms with Crippen LogP contribution in [-0.4, -0.2) is 40.1 Å². The number of hydrogen-bond acceptors (Lipinski definition) is 8. The SMILES string of the molecule is CCOC(=O)CN1C(=O)S/C(=C\c2cc(Br)ccc2OCc2cccc([N+](=O)[O-])c2)C1=O. The second-order valence-electron chi connectivity index (χ2n) is 6.47. The first-order valence-corrected chi connectivity index (χ1v) is 11.0. The number of nitro groups is 1. The van der Waals surface area contributed by atoms with E-state index in [1.54, 1.807) is 37.3 Å². The Morgan fingerprint density at radius 2 is 2.03 bits per heavy atom. The van der Waals surface area contributed by atoms with E-state index in [-0.39, 0.29) is 23.8 Å². The van der Waals surface area contributed by atoms with Gasteiger partial charge in [-0.1, -0.05) is 28.1 Å². The standard InChI is InChI=1S/C21H17BrN2O7S/c1-2-30-19(25)11-23-20(26)18(32-21(23)27)10-14-9-15(22)6-7-17(14)31-12-13-4-3-5-16(8-13)24(28)29/h3-10H,2,11-12H2,1H3/b18-10-. The highest BCUT2D eigenvalue weighted by molar-refractivity contribution is 9.10. The average Bonchev–Trinajstić information content (AvgIpc) is 3.01. The highest BCUT2D eigenvalue weighted by Crippen LogP contribution is 2.35. The number of imide groups is 1. The lowest BCUT2D eigenvalue weighted by atomic mass is 10.1. The number of thioether (sulfide) groups is 1. The third kappa shape index (κ3) is 5.74. The number of halogens is 1. The van der Waals surface area contributed by atoms with E-state index in [1.807, 2.05) is 0 Å². The maximum Gasteiger partial charge on any atom is 0.326 e. The van der Waals surface area contributed by atoms with Gasteiger partial charge in [0.2, 0.25) is 0 Å². The Kier molecular flexibility index (Phi) is 7.65. The molecule has 0 bridgehead atoms. The topological polar surface area (TPSA) is 116 Å². The summed E-state index contributed by atoms with van der Waals surface area (Å²) in [6.45, 7) is 1.39. The molecule has 0 aliphatic carbocycles. The Hall–Kier alpha value is -3.18. The highest BCUT2D eigenvalue weighted by Gasteiger charge is 2.36. The third-order valence-electron chi connectivity index (χ3n) is 4.24. The van der Waals surface area contributed by atoms with E-state index in [9.17, 15) is 24.5 Å². The smallest absolute Gasteiger partial charge is 0.326 e. The van der Waals surface area contributed by atoms with Crippen molar-refractivity contribution >= 4 is 56.6 Å². The van der Waals surface area contributed by atoms with Gasteiger partial charge in [-0.25, -0.2) is 0 Å². The maximum atomic E-state index is 12.6. The number of nitro benzene ring substituents is 1. The molecule has 0 atom stereocenters. The minimum atomic E-state index is -0.667. The number of rotatable bonds is 8. The number of ether oxygens (including phenoxy) is 2. The van der Waals surface area contributed by atoms with Crippen molar-refractivity contribution < 1.29 is 28.8 Å². The molecule has 1 aliphatic heterocycles. The quantitative estimate of drug-likeness (QED) is 0.215. The lowest BCUT2D eigenvalue weighted by molar-refractivity contribution is -0.384. The molecule has 0 radical (unpaired) electrons. The molecule has 1 heterocycles. The van der Waals surface area contributed by atoms with Crippen molar-refractivity contribution in [3.8, 4) is 5.75 Å². The Morgan fingerprint density at radius 3 is 2.75 bits per heavy atom. The molecule has 0 aromatic heterocycles. The summed E-state index contributed by atoms with van der Waals surface area (Å²) in [6, 6.07) is 11.2. The van der Waals surface area contributed by atoms with Gasteiger partial charge in [0.25, 0.3) is 16.8 Å². The second kappa shape index (κ2) is 10.4. The molecule has 1 aliphatic rings. The average molecular weight is 521 g/mol. The molecule has 1 fully saturated rings. The summed E-state index contributed by atoms with van der Waals surface area (Å²) < 4.78 is 11.4. The number of nitrogens with zero attached hydrogens (tertiary/aromatic N) is 2. The van der Waals surface area contributed by atoms with Crippen LogP contribution in [0.5, 0.6) is 5.75 Å². The van der Waals surface area contributed by atoms with E-state index in [2.05, 4.69) is 15.9 Å². The molecule has 3 rings (SSSR count). The number of benzene rings is 2. The summed E-state index contributed by atoms with van der Waals surface area (Å²) >= 11 is 4.08. The molecule has 0 spiro atoms. The molecule has 0 unspecified atom stereocenters. The van der Waals surface area contributed by atoms with Crippen LogP contribution in [0.2, 0.25) is 0 Å². The van der Waals surface area contributed by atoms with Gasteiger partial charge in [0.15, 0.2) is 0 Å². The van der Waals surface area contributed by atoms with Crippen molar-refractivity contribution in [1.82, 2.24) is 4.90 Å². The van der Waals surface area contributed by atoms with Gasteiger partial charge in [0, 0.05) is 22.2 Å². The highest BCUT2D eigenvalue weighted by atomic mass is 79.9. The Morgan fingerprint density at radius 1 is 1.25 bits per heavy atom. The number of esters is 1.